The monoisotopic (exact) mass is 302 g/mol. The molecule has 0 radical (unpaired) electrons. The van der Waals surface area contributed by atoms with Gasteiger partial charge in [-0.2, -0.15) is 0 Å². The van der Waals surface area contributed by atoms with E-state index in [1.165, 1.54) is 17.6 Å². The van der Waals surface area contributed by atoms with Gasteiger partial charge in [0.15, 0.2) is 5.76 Å². The van der Waals surface area contributed by atoms with E-state index in [0.29, 0.717) is 16.0 Å². The maximum Gasteiger partial charge on any atom is 0.259 e. The number of nitrogens with one attached hydrogen (secondary N) is 1. The van der Waals surface area contributed by atoms with Gasteiger partial charge in [0, 0.05) is 4.88 Å². The summed E-state index contributed by atoms with van der Waals surface area (Å²) in [6.45, 7) is 4.00. The van der Waals surface area contributed by atoms with Crippen LogP contribution in [-0.2, 0) is 12.8 Å². The summed E-state index contributed by atoms with van der Waals surface area (Å²) in [6.07, 6.45) is 2.27. The summed E-state index contributed by atoms with van der Waals surface area (Å²) in [5.41, 5.74) is 0.858. The Labute approximate surface area is 124 Å². The molecule has 0 amide bonds. The Bertz CT molecular complexity index is 859. The zero-order chi connectivity index (χ0) is 15.0. The number of H-pyrrole nitrogens is 1. The molecule has 108 valence electrons. The fourth-order valence-electron chi connectivity index (χ4n) is 2.41. The summed E-state index contributed by atoms with van der Waals surface area (Å²) in [7, 11) is 0. The molecule has 0 aliphatic rings. The Hall–Kier alpha value is -2.21. The summed E-state index contributed by atoms with van der Waals surface area (Å²) < 4.78 is 5.06. The van der Waals surface area contributed by atoms with Crippen LogP contribution >= 0.6 is 11.3 Å². The van der Waals surface area contributed by atoms with Gasteiger partial charge in [-0.25, -0.2) is 4.98 Å². The third-order valence-electron chi connectivity index (χ3n) is 3.39. The average Bonchev–Trinajstić information content (AvgIpc) is 3.05. The van der Waals surface area contributed by atoms with E-state index in [2.05, 4.69) is 9.97 Å². The van der Waals surface area contributed by atoms with E-state index >= 15 is 0 Å². The van der Waals surface area contributed by atoms with Gasteiger partial charge >= 0.3 is 0 Å². The normalized spacial score (nSPS) is 11.1. The number of furan rings is 1. The molecule has 3 aromatic rings. The lowest BCUT2D eigenvalue weighted by molar-refractivity contribution is 0.0964. The number of Topliss-reactive ketones (excluding diaryl/α,β-unsaturated/α-hetero) is 1. The van der Waals surface area contributed by atoms with E-state index in [1.807, 2.05) is 13.8 Å². The first-order valence-electron chi connectivity index (χ1n) is 6.68. The van der Waals surface area contributed by atoms with Gasteiger partial charge < -0.3 is 9.40 Å². The smallest absolute Gasteiger partial charge is 0.259 e. The van der Waals surface area contributed by atoms with Crippen molar-refractivity contribution in [3.8, 4) is 0 Å². The van der Waals surface area contributed by atoms with Crippen LogP contribution in [0.15, 0.2) is 27.6 Å². The Kier molecular flexibility index (Phi) is 3.47. The van der Waals surface area contributed by atoms with Crippen LogP contribution in [-0.4, -0.2) is 15.8 Å². The zero-order valence-electron chi connectivity index (χ0n) is 11.7. The molecule has 1 N–H and O–H groups in total. The summed E-state index contributed by atoms with van der Waals surface area (Å²) in [4.78, 5) is 33.1. The second kappa shape index (κ2) is 5.29. The number of thiophene rings is 1. The quantitative estimate of drug-likeness (QED) is 0.752. The van der Waals surface area contributed by atoms with Crippen molar-refractivity contribution in [3.05, 3.63) is 50.8 Å². The number of hydrogen-bond donors (Lipinski definition) is 1. The number of aromatic amines is 1. The van der Waals surface area contributed by atoms with Crippen molar-refractivity contribution in [3.63, 3.8) is 0 Å². The van der Waals surface area contributed by atoms with E-state index in [1.54, 1.807) is 12.1 Å². The molecule has 3 rings (SSSR count). The van der Waals surface area contributed by atoms with Gasteiger partial charge in [0.1, 0.15) is 10.7 Å². The minimum absolute atomic E-state index is 0.0249. The van der Waals surface area contributed by atoms with Gasteiger partial charge in [-0.3, -0.25) is 9.59 Å². The Balaban J connectivity index is 2.02. The van der Waals surface area contributed by atoms with Gasteiger partial charge in [0.25, 0.3) is 5.56 Å². The highest BCUT2D eigenvalue weighted by Gasteiger charge is 2.16. The fourth-order valence-corrected chi connectivity index (χ4v) is 3.54. The standard InChI is InChI=1S/C15H14N2O3S/c1-3-9-8(2)21-15-13(9)14(19)16-12(17-15)7-10(18)11-5-4-6-20-11/h4-6H,3,7H2,1-2H3,(H,16,17,19). The predicted molar refractivity (Wildman–Crippen MR) is 81.1 cm³/mol. The number of hydrogen-bond acceptors (Lipinski definition) is 5. The molecule has 0 spiro atoms. The maximum atomic E-state index is 12.2. The third-order valence-corrected chi connectivity index (χ3v) is 4.43. The molecule has 0 aromatic carbocycles. The van der Waals surface area contributed by atoms with Crippen LogP contribution in [0.2, 0.25) is 0 Å². The first-order chi connectivity index (χ1) is 10.1. The molecule has 6 heteroatoms. The van der Waals surface area contributed by atoms with Crippen LogP contribution in [0, 0.1) is 6.92 Å². The predicted octanol–water partition coefficient (Wildman–Crippen LogP) is 2.87. The summed E-state index contributed by atoms with van der Waals surface area (Å²) >= 11 is 1.49. The number of nitrogens with zero attached hydrogens (tertiary/aromatic N) is 1. The first-order valence-corrected chi connectivity index (χ1v) is 7.49. The van der Waals surface area contributed by atoms with E-state index in [4.69, 9.17) is 4.42 Å². The van der Waals surface area contributed by atoms with Crippen molar-refractivity contribution in [2.75, 3.05) is 0 Å². The number of fused-ring (bicyclic) bond motifs is 1. The number of aryl methyl sites for hydroxylation is 2. The molecule has 3 aromatic heterocycles. The lowest BCUT2D eigenvalue weighted by atomic mass is 10.1. The molecule has 0 aliphatic heterocycles. The van der Waals surface area contributed by atoms with Gasteiger partial charge in [-0.1, -0.05) is 6.92 Å². The van der Waals surface area contributed by atoms with E-state index in [0.717, 1.165) is 16.9 Å². The molecule has 0 fully saturated rings. The highest BCUT2D eigenvalue weighted by atomic mass is 32.1. The Morgan fingerprint density at radius 1 is 1.48 bits per heavy atom. The Morgan fingerprint density at radius 3 is 2.95 bits per heavy atom. The molecule has 0 bridgehead atoms. The molecule has 0 atom stereocenters. The second-order valence-corrected chi connectivity index (χ2v) is 5.96. The highest BCUT2D eigenvalue weighted by Crippen LogP contribution is 2.27. The summed E-state index contributed by atoms with van der Waals surface area (Å²) in [5.74, 6) is 0.443. The van der Waals surface area contributed by atoms with Crippen molar-refractivity contribution in [1.82, 2.24) is 9.97 Å². The SMILES string of the molecule is CCc1c(C)sc2nc(CC(=O)c3ccco3)[nH]c(=O)c12. The van der Waals surface area contributed by atoms with Crippen molar-refractivity contribution < 1.29 is 9.21 Å². The number of aromatic nitrogens is 2. The maximum absolute atomic E-state index is 12.2. The molecule has 0 aliphatic carbocycles. The molecular formula is C15H14N2O3S. The molecular weight excluding hydrogens is 288 g/mol. The third kappa shape index (κ3) is 2.42. The Morgan fingerprint density at radius 2 is 2.29 bits per heavy atom. The van der Waals surface area contributed by atoms with E-state index < -0.39 is 0 Å². The first kappa shape index (κ1) is 13.8. The molecule has 3 heterocycles. The van der Waals surface area contributed by atoms with Crippen LogP contribution in [0.1, 0.15) is 33.7 Å². The zero-order valence-corrected chi connectivity index (χ0v) is 12.5. The van der Waals surface area contributed by atoms with Gasteiger partial charge in [-0.15, -0.1) is 11.3 Å². The fraction of sp³-hybridized carbons (Fsp3) is 0.267. The molecule has 21 heavy (non-hydrogen) atoms. The van der Waals surface area contributed by atoms with Crippen LogP contribution in [0.4, 0.5) is 0 Å². The summed E-state index contributed by atoms with van der Waals surface area (Å²) in [6, 6.07) is 3.26. The largest absolute Gasteiger partial charge is 0.461 e. The topological polar surface area (TPSA) is 76.0 Å². The molecule has 5 nitrogen and oxygen atoms in total. The summed E-state index contributed by atoms with van der Waals surface area (Å²) in [5, 5.41) is 0.647. The number of carbonyl (C=O) groups is 1. The molecule has 0 unspecified atom stereocenters. The van der Waals surface area contributed by atoms with Gasteiger partial charge in [-0.05, 0) is 31.0 Å². The van der Waals surface area contributed by atoms with Crippen LogP contribution in [0.3, 0.4) is 0 Å². The number of carbonyl (C=O) groups excluding carboxylic acids is 1. The number of ketones is 1. The van der Waals surface area contributed by atoms with Crippen LogP contribution in [0.25, 0.3) is 10.2 Å². The minimum Gasteiger partial charge on any atom is -0.461 e. The van der Waals surface area contributed by atoms with Gasteiger partial charge in [0.2, 0.25) is 5.78 Å². The van der Waals surface area contributed by atoms with E-state index in [9.17, 15) is 9.59 Å². The molecule has 0 saturated carbocycles. The van der Waals surface area contributed by atoms with Crippen molar-refractivity contribution in [1.29, 1.82) is 0 Å². The van der Waals surface area contributed by atoms with Crippen molar-refractivity contribution in [2.24, 2.45) is 0 Å². The average molecular weight is 302 g/mol. The lowest BCUT2D eigenvalue weighted by Gasteiger charge is -2.00. The lowest BCUT2D eigenvalue weighted by Crippen LogP contribution is -2.15. The van der Waals surface area contributed by atoms with Crippen LogP contribution < -0.4 is 5.56 Å². The molecule has 0 saturated heterocycles. The van der Waals surface area contributed by atoms with Crippen LogP contribution in [0.5, 0.6) is 0 Å². The minimum atomic E-state index is -0.202. The van der Waals surface area contributed by atoms with Crippen molar-refractivity contribution >= 4 is 27.3 Å². The van der Waals surface area contributed by atoms with Crippen molar-refractivity contribution in [2.45, 2.75) is 26.7 Å². The second-order valence-electron chi connectivity index (χ2n) is 4.76. The van der Waals surface area contributed by atoms with Gasteiger partial charge in [0.05, 0.1) is 18.1 Å². The highest BCUT2D eigenvalue weighted by molar-refractivity contribution is 7.18. The number of rotatable bonds is 4. The van der Waals surface area contributed by atoms with E-state index in [-0.39, 0.29) is 23.5 Å².